The minimum absolute atomic E-state index is 1.17. The number of allylic oxidation sites excluding steroid dienone is 2. The van der Waals surface area contributed by atoms with E-state index >= 15 is 0 Å². The quantitative estimate of drug-likeness (QED) is 0.322. The van der Waals surface area contributed by atoms with Gasteiger partial charge in [0, 0.05) is 0 Å². The molecule has 0 aliphatic rings. The third-order valence-electron chi connectivity index (χ3n) is 4.65. The van der Waals surface area contributed by atoms with Crippen LogP contribution in [-0.2, 0) is 12.8 Å². The van der Waals surface area contributed by atoms with Gasteiger partial charge in [-0.25, -0.2) is 0 Å². The lowest BCUT2D eigenvalue weighted by atomic mass is 10.1. The molecule has 0 aromatic heterocycles. The molecule has 0 heterocycles. The predicted octanol–water partition coefficient (Wildman–Crippen LogP) is 7.49. The van der Waals surface area contributed by atoms with E-state index in [1.54, 1.807) is 0 Å². The van der Waals surface area contributed by atoms with E-state index in [-0.39, 0.29) is 0 Å². The third kappa shape index (κ3) is 8.61. The Bertz CT molecular complexity index is 762. The van der Waals surface area contributed by atoms with Crippen LogP contribution < -0.4 is 0 Å². The highest BCUT2D eigenvalue weighted by Gasteiger charge is 1.93. The Morgan fingerprint density at radius 3 is 1.48 bits per heavy atom. The second kappa shape index (κ2) is 12.8. The first-order valence-electron chi connectivity index (χ1n) is 10.3. The highest BCUT2D eigenvalue weighted by atomic mass is 14.0. The zero-order chi connectivity index (χ0) is 19.2. The molecular formula is C27H32. The summed E-state index contributed by atoms with van der Waals surface area (Å²) in [6.45, 7) is 4.47. The van der Waals surface area contributed by atoms with Crippen molar-refractivity contribution < 1.29 is 0 Å². The molecule has 0 nitrogen and oxygen atoms in total. The van der Waals surface area contributed by atoms with E-state index in [4.69, 9.17) is 0 Å². The summed E-state index contributed by atoms with van der Waals surface area (Å²) >= 11 is 0. The lowest BCUT2D eigenvalue weighted by Gasteiger charge is -2.00. The van der Waals surface area contributed by atoms with Gasteiger partial charge in [-0.05, 0) is 72.2 Å². The van der Waals surface area contributed by atoms with Crippen LogP contribution in [0.5, 0.6) is 0 Å². The molecule has 0 amide bonds. The van der Waals surface area contributed by atoms with Gasteiger partial charge in [0.05, 0.1) is 0 Å². The molecule has 0 heteroatoms. The Kier molecular flexibility index (Phi) is 9.83. The van der Waals surface area contributed by atoms with Gasteiger partial charge in [-0.2, -0.15) is 0 Å². The SMILES string of the molecule is CCCCCc1ccc(C=CC#CC=Cc2ccc(CCCC)cc2)cc1. The van der Waals surface area contributed by atoms with Crippen LogP contribution in [-0.4, -0.2) is 0 Å². The summed E-state index contributed by atoms with van der Waals surface area (Å²) in [5, 5.41) is 0. The number of hydrogen-bond donors (Lipinski definition) is 0. The van der Waals surface area contributed by atoms with E-state index in [0.29, 0.717) is 0 Å². The predicted molar refractivity (Wildman–Crippen MR) is 121 cm³/mol. The average molecular weight is 357 g/mol. The monoisotopic (exact) mass is 356 g/mol. The van der Waals surface area contributed by atoms with Gasteiger partial charge in [0.15, 0.2) is 0 Å². The van der Waals surface area contributed by atoms with Gasteiger partial charge in [0.1, 0.15) is 0 Å². The van der Waals surface area contributed by atoms with Gasteiger partial charge in [-0.15, -0.1) is 0 Å². The Labute approximate surface area is 166 Å². The molecule has 2 rings (SSSR count). The summed E-state index contributed by atoms with van der Waals surface area (Å²) in [7, 11) is 0. The normalized spacial score (nSPS) is 11.0. The molecule has 0 N–H and O–H groups in total. The minimum Gasteiger partial charge on any atom is -0.0702 e. The number of hydrogen-bond acceptors (Lipinski definition) is 0. The third-order valence-corrected chi connectivity index (χ3v) is 4.65. The van der Waals surface area contributed by atoms with Crippen molar-refractivity contribution in [3.63, 3.8) is 0 Å². The van der Waals surface area contributed by atoms with E-state index in [9.17, 15) is 0 Å². The number of rotatable bonds is 9. The first-order valence-corrected chi connectivity index (χ1v) is 10.3. The minimum atomic E-state index is 1.17. The number of unbranched alkanes of at least 4 members (excludes halogenated alkanes) is 3. The van der Waals surface area contributed by atoms with Gasteiger partial charge in [0.2, 0.25) is 0 Å². The Morgan fingerprint density at radius 2 is 1.04 bits per heavy atom. The second-order valence-electron chi connectivity index (χ2n) is 7.00. The lowest BCUT2D eigenvalue weighted by Crippen LogP contribution is -1.85. The van der Waals surface area contributed by atoms with Gasteiger partial charge >= 0.3 is 0 Å². The van der Waals surface area contributed by atoms with Crippen LogP contribution in [0.2, 0.25) is 0 Å². The summed E-state index contributed by atoms with van der Waals surface area (Å²) < 4.78 is 0. The fraction of sp³-hybridized carbons (Fsp3) is 0.333. The summed E-state index contributed by atoms with van der Waals surface area (Å²) in [5.41, 5.74) is 5.25. The molecule has 140 valence electrons. The summed E-state index contributed by atoms with van der Waals surface area (Å²) in [6, 6.07) is 17.6. The van der Waals surface area contributed by atoms with Crippen LogP contribution >= 0.6 is 0 Å². The van der Waals surface area contributed by atoms with Crippen molar-refractivity contribution in [3.05, 3.63) is 82.9 Å². The summed E-state index contributed by atoms with van der Waals surface area (Å²) in [5.74, 6) is 6.16. The zero-order valence-corrected chi connectivity index (χ0v) is 16.9. The largest absolute Gasteiger partial charge is 0.0702 e. The van der Waals surface area contributed by atoms with Crippen LogP contribution in [0.1, 0.15) is 68.2 Å². The van der Waals surface area contributed by atoms with Crippen LogP contribution in [0.3, 0.4) is 0 Å². The van der Waals surface area contributed by atoms with Crippen molar-refractivity contribution in [2.45, 2.75) is 58.8 Å². The van der Waals surface area contributed by atoms with Crippen molar-refractivity contribution in [2.75, 3.05) is 0 Å². The Balaban J connectivity index is 1.79. The number of benzene rings is 2. The number of aryl methyl sites for hydroxylation is 2. The molecule has 0 bridgehead atoms. The smallest absolute Gasteiger partial charge is 0.0109 e. The van der Waals surface area contributed by atoms with E-state index < -0.39 is 0 Å². The van der Waals surface area contributed by atoms with Gasteiger partial charge in [-0.3, -0.25) is 0 Å². The molecule has 27 heavy (non-hydrogen) atoms. The standard InChI is InChI=1S/C27H32/c1-3-5-9-13-25-20-22-27(23-21-25)15-11-8-7-10-14-26-18-16-24(17-19-26)12-6-4-2/h10-11,14-23H,3-6,9,12-13H2,1-2H3. The highest BCUT2D eigenvalue weighted by molar-refractivity contribution is 5.56. The Hall–Kier alpha value is -2.52. The Morgan fingerprint density at radius 1 is 0.593 bits per heavy atom. The molecule has 0 radical (unpaired) electrons. The van der Waals surface area contributed by atoms with E-state index in [1.807, 2.05) is 12.2 Å². The van der Waals surface area contributed by atoms with Gasteiger partial charge in [0.25, 0.3) is 0 Å². The van der Waals surface area contributed by atoms with Crippen molar-refractivity contribution in [3.8, 4) is 11.8 Å². The molecule has 0 unspecified atom stereocenters. The molecule has 0 saturated heterocycles. The molecule has 0 aliphatic carbocycles. The highest BCUT2D eigenvalue weighted by Crippen LogP contribution is 2.10. The van der Waals surface area contributed by atoms with Crippen molar-refractivity contribution in [2.24, 2.45) is 0 Å². The first-order chi connectivity index (χ1) is 13.3. The zero-order valence-electron chi connectivity index (χ0n) is 16.9. The fourth-order valence-corrected chi connectivity index (χ4v) is 2.92. The van der Waals surface area contributed by atoms with E-state index in [1.165, 1.54) is 67.2 Å². The van der Waals surface area contributed by atoms with Crippen LogP contribution in [0.25, 0.3) is 12.2 Å². The maximum atomic E-state index is 3.08. The molecule has 0 atom stereocenters. The fourth-order valence-electron chi connectivity index (χ4n) is 2.92. The van der Waals surface area contributed by atoms with E-state index in [2.05, 4.69) is 86.4 Å². The van der Waals surface area contributed by atoms with Crippen molar-refractivity contribution in [1.29, 1.82) is 0 Å². The van der Waals surface area contributed by atoms with Crippen LogP contribution in [0.4, 0.5) is 0 Å². The molecule has 0 saturated carbocycles. The maximum Gasteiger partial charge on any atom is -0.0109 e. The topological polar surface area (TPSA) is 0 Å². The molecule has 0 spiro atoms. The maximum absolute atomic E-state index is 3.08. The average Bonchev–Trinajstić information content (AvgIpc) is 2.71. The first kappa shape index (κ1) is 20.8. The van der Waals surface area contributed by atoms with Gasteiger partial charge < -0.3 is 0 Å². The lowest BCUT2D eigenvalue weighted by molar-refractivity contribution is 0.717. The molecular weight excluding hydrogens is 324 g/mol. The molecule has 2 aromatic rings. The van der Waals surface area contributed by atoms with Crippen LogP contribution in [0, 0.1) is 11.8 Å². The molecule has 0 aliphatic heterocycles. The van der Waals surface area contributed by atoms with E-state index in [0.717, 1.165) is 0 Å². The summed E-state index contributed by atoms with van der Waals surface area (Å²) in [6.07, 6.45) is 16.7. The van der Waals surface area contributed by atoms with Crippen molar-refractivity contribution in [1.82, 2.24) is 0 Å². The molecule has 0 fully saturated rings. The van der Waals surface area contributed by atoms with Crippen LogP contribution in [0.15, 0.2) is 60.7 Å². The summed E-state index contributed by atoms with van der Waals surface area (Å²) in [4.78, 5) is 0. The molecule has 2 aromatic carbocycles. The van der Waals surface area contributed by atoms with Crippen molar-refractivity contribution >= 4 is 12.2 Å². The van der Waals surface area contributed by atoms with Gasteiger partial charge in [-0.1, -0.05) is 93.5 Å². The second-order valence-corrected chi connectivity index (χ2v) is 7.00.